The Labute approximate surface area is 201 Å². The SMILES string of the molecule is CCCCCC[C@@H](C)C(=O)NCCCC[C@H]1C(OC)=CC(=O)N1C(=O)[C@H](C)CCCCCC. The summed E-state index contributed by atoms with van der Waals surface area (Å²) in [6.07, 6.45) is 14.7. The van der Waals surface area contributed by atoms with E-state index >= 15 is 0 Å². The van der Waals surface area contributed by atoms with E-state index in [1.807, 2.05) is 13.8 Å². The summed E-state index contributed by atoms with van der Waals surface area (Å²) >= 11 is 0. The number of hydrogen-bond acceptors (Lipinski definition) is 4. The molecule has 1 heterocycles. The van der Waals surface area contributed by atoms with Gasteiger partial charge in [0, 0.05) is 24.5 Å². The van der Waals surface area contributed by atoms with Gasteiger partial charge in [-0.1, -0.05) is 79.1 Å². The molecule has 0 spiro atoms. The highest BCUT2D eigenvalue weighted by Gasteiger charge is 2.39. The molecule has 1 aliphatic heterocycles. The van der Waals surface area contributed by atoms with Crippen LogP contribution in [0.25, 0.3) is 0 Å². The molecule has 0 fully saturated rings. The fourth-order valence-electron chi connectivity index (χ4n) is 4.39. The van der Waals surface area contributed by atoms with Gasteiger partial charge in [0.05, 0.1) is 13.2 Å². The molecule has 0 aromatic rings. The molecule has 1 aliphatic rings. The van der Waals surface area contributed by atoms with Gasteiger partial charge in [-0.2, -0.15) is 0 Å². The Bertz CT molecular complexity index is 632. The molecule has 3 atom stereocenters. The average molecular weight is 465 g/mol. The minimum atomic E-state index is -0.332. The molecule has 0 saturated carbocycles. The first kappa shape index (κ1) is 29.2. The maximum atomic E-state index is 13.0. The third kappa shape index (κ3) is 10.3. The first-order valence-corrected chi connectivity index (χ1v) is 13.3. The van der Waals surface area contributed by atoms with Crippen LogP contribution in [-0.4, -0.2) is 42.3 Å². The Balaban J connectivity index is 2.45. The summed E-state index contributed by atoms with van der Waals surface area (Å²) in [5.41, 5.74) is 0. The summed E-state index contributed by atoms with van der Waals surface area (Å²) in [6, 6.07) is -0.332. The second kappa shape index (κ2) is 16.7. The molecular formula is C27H48N2O4. The van der Waals surface area contributed by atoms with Crippen molar-refractivity contribution in [2.75, 3.05) is 13.7 Å². The average Bonchev–Trinajstić information content (AvgIpc) is 3.13. The van der Waals surface area contributed by atoms with Crippen molar-refractivity contribution in [2.45, 2.75) is 117 Å². The Hall–Kier alpha value is -1.85. The van der Waals surface area contributed by atoms with E-state index in [2.05, 4.69) is 19.2 Å². The van der Waals surface area contributed by atoms with E-state index in [9.17, 15) is 14.4 Å². The van der Waals surface area contributed by atoms with E-state index in [0.29, 0.717) is 18.7 Å². The molecule has 0 bridgehead atoms. The second-order valence-corrected chi connectivity index (χ2v) is 9.60. The molecule has 0 aromatic carbocycles. The van der Waals surface area contributed by atoms with Crippen LogP contribution in [0.2, 0.25) is 0 Å². The maximum Gasteiger partial charge on any atom is 0.257 e. The minimum Gasteiger partial charge on any atom is -0.499 e. The van der Waals surface area contributed by atoms with Gasteiger partial charge in [0.15, 0.2) is 0 Å². The van der Waals surface area contributed by atoms with Crippen molar-refractivity contribution in [3.63, 3.8) is 0 Å². The molecule has 0 saturated heterocycles. The van der Waals surface area contributed by atoms with E-state index in [4.69, 9.17) is 4.74 Å². The zero-order valence-corrected chi connectivity index (χ0v) is 21.8. The first-order chi connectivity index (χ1) is 15.9. The molecule has 6 heteroatoms. The molecule has 33 heavy (non-hydrogen) atoms. The Morgan fingerprint density at radius 1 is 0.939 bits per heavy atom. The highest BCUT2D eigenvalue weighted by Crippen LogP contribution is 2.27. The van der Waals surface area contributed by atoms with Gasteiger partial charge >= 0.3 is 0 Å². The number of amides is 3. The number of methoxy groups -OCH3 is 1. The lowest BCUT2D eigenvalue weighted by Gasteiger charge is -2.27. The summed E-state index contributed by atoms with van der Waals surface area (Å²) in [5, 5.41) is 3.04. The van der Waals surface area contributed by atoms with Crippen LogP contribution >= 0.6 is 0 Å². The smallest absolute Gasteiger partial charge is 0.257 e. The standard InChI is InChI=1S/C27H48N2O4/c1-6-8-10-12-16-21(3)26(31)28-19-15-14-18-23-24(33-5)20-25(30)29(23)27(32)22(4)17-13-11-9-7-2/h20-23H,6-19H2,1-5H3,(H,28,31)/t21-,22-,23+/m1/s1. The summed E-state index contributed by atoms with van der Waals surface area (Å²) in [4.78, 5) is 39.3. The van der Waals surface area contributed by atoms with Crippen LogP contribution in [0.3, 0.4) is 0 Å². The molecule has 6 nitrogen and oxygen atoms in total. The number of nitrogens with one attached hydrogen (secondary N) is 1. The number of unbranched alkanes of at least 4 members (excludes halogenated alkanes) is 7. The first-order valence-electron chi connectivity index (χ1n) is 13.3. The topological polar surface area (TPSA) is 75.7 Å². The van der Waals surface area contributed by atoms with E-state index < -0.39 is 0 Å². The van der Waals surface area contributed by atoms with Crippen LogP contribution in [-0.2, 0) is 19.1 Å². The van der Waals surface area contributed by atoms with Crippen molar-refractivity contribution in [1.82, 2.24) is 10.2 Å². The minimum absolute atomic E-state index is 0.0456. The van der Waals surface area contributed by atoms with E-state index in [1.165, 1.54) is 36.7 Å². The van der Waals surface area contributed by atoms with Gasteiger partial charge in [0.25, 0.3) is 5.91 Å². The Morgan fingerprint density at radius 2 is 1.55 bits per heavy atom. The van der Waals surface area contributed by atoms with Gasteiger partial charge in [-0.05, 0) is 32.1 Å². The zero-order valence-electron chi connectivity index (χ0n) is 21.8. The van der Waals surface area contributed by atoms with Crippen molar-refractivity contribution in [3.8, 4) is 0 Å². The van der Waals surface area contributed by atoms with Crippen molar-refractivity contribution in [3.05, 3.63) is 11.8 Å². The predicted molar refractivity (Wildman–Crippen MR) is 133 cm³/mol. The molecule has 0 aliphatic carbocycles. The fraction of sp³-hybridized carbons (Fsp3) is 0.815. The van der Waals surface area contributed by atoms with E-state index in [1.54, 1.807) is 7.11 Å². The molecule has 0 radical (unpaired) electrons. The van der Waals surface area contributed by atoms with Crippen molar-refractivity contribution in [1.29, 1.82) is 0 Å². The fourth-order valence-corrected chi connectivity index (χ4v) is 4.39. The monoisotopic (exact) mass is 464 g/mol. The molecular weight excluding hydrogens is 416 g/mol. The summed E-state index contributed by atoms with van der Waals surface area (Å²) in [6.45, 7) is 8.89. The highest BCUT2D eigenvalue weighted by atomic mass is 16.5. The van der Waals surface area contributed by atoms with E-state index in [-0.39, 0.29) is 35.6 Å². The lowest BCUT2D eigenvalue weighted by molar-refractivity contribution is -0.146. The van der Waals surface area contributed by atoms with Crippen molar-refractivity contribution < 1.29 is 19.1 Å². The lowest BCUT2D eigenvalue weighted by atomic mass is 9.99. The molecule has 1 rings (SSSR count). The normalized spacial score (nSPS) is 17.6. The maximum absolute atomic E-state index is 13.0. The summed E-state index contributed by atoms with van der Waals surface area (Å²) < 4.78 is 5.43. The highest BCUT2D eigenvalue weighted by molar-refractivity contribution is 6.04. The quantitative estimate of drug-likeness (QED) is 0.262. The van der Waals surface area contributed by atoms with Gasteiger partial charge in [0.2, 0.25) is 11.8 Å². The Morgan fingerprint density at radius 3 is 2.12 bits per heavy atom. The molecule has 0 unspecified atom stereocenters. The third-order valence-corrected chi connectivity index (χ3v) is 6.67. The molecule has 0 aromatic heterocycles. The number of imide groups is 1. The largest absolute Gasteiger partial charge is 0.499 e. The summed E-state index contributed by atoms with van der Waals surface area (Å²) in [5.74, 6) is 0.188. The van der Waals surface area contributed by atoms with Crippen LogP contribution in [0.1, 0.15) is 111 Å². The van der Waals surface area contributed by atoms with Crippen LogP contribution in [0.15, 0.2) is 11.8 Å². The number of nitrogens with zero attached hydrogens (tertiary/aromatic N) is 1. The lowest BCUT2D eigenvalue weighted by Crippen LogP contribution is -2.43. The van der Waals surface area contributed by atoms with Crippen LogP contribution in [0.5, 0.6) is 0 Å². The van der Waals surface area contributed by atoms with Crippen molar-refractivity contribution in [2.24, 2.45) is 11.8 Å². The number of hydrogen-bond donors (Lipinski definition) is 1. The van der Waals surface area contributed by atoms with Gasteiger partial charge in [-0.15, -0.1) is 0 Å². The zero-order chi connectivity index (χ0) is 24.6. The van der Waals surface area contributed by atoms with Crippen LogP contribution in [0, 0.1) is 11.8 Å². The van der Waals surface area contributed by atoms with Crippen LogP contribution < -0.4 is 5.32 Å². The molecule has 190 valence electrons. The predicted octanol–water partition coefficient (Wildman–Crippen LogP) is 5.75. The Kier molecular flexibility index (Phi) is 14.8. The van der Waals surface area contributed by atoms with Gasteiger partial charge in [0.1, 0.15) is 5.76 Å². The number of ether oxygens (including phenoxy) is 1. The number of carbonyl (C=O) groups excluding carboxylic acids is 3. The van der Waals surface area contributed by atoms with Gasteiger partial charge in [-0.25, -0.2) is 0 Å². The second-order valence-electron chi connectivity index (χ2n) is 9.60. The van der Waals surface area contributed by atoms with Gasteiger partial charge < -0.3 is 10.1 Å². The number of rotatable bonds is 18. The third-order valence-electron chi connectivity index (χ3n) is 6.67. The number of carbonyl (C=O) groups is 3. The van der Waals surface area contributed by atoms with Gasteiger partial charge in [-0.3, -0.25) is 19.3 Å². The van der Waals surface area contributed by atoms with Crippen molar-refractivity contribution >= 4 is 17.7 Å². The molecule has 1 N–H and O–H groups in total. The van der Waals surface area contributed by atoms with Crippen LogP contribution in [0.4, 0.5) is 0 Å². The summed E-state index contributed by atoms with van der Waals surface area (Å²) in [7, 11) is 1.55. The van der Waals surface area contributed by atoms with E-state index in [0.717, 1.165) is 51.4 Å². The molecule has 3 amide bonds.